The average Bonchev–Trinajstić information content (AvgIpc) is 3.39. The van der Waals surface area contributed by atoms with Crippen LogP contribution in [0.15, 0.2) is 86.8 Å². The summed E-state index contributed by atoms with van der Waals surface area (Å²) >= 11 is 7.36. The second-order valence-corrected chi connectivity index (χ2v) is 8.37. The van der Waals surface area contributed by atoms with Crippen molar-refractivity contribution in [2.24, 2.45) is 10.1 Å². The second-order valence-electron chi connectivity index (χ2n) is 6.89. The molecule has 0 radical (unpaired) electrons. The normalized spacial score (nSPS) is 17.1. The molecule has 0 unspecified atom stereocenters. The van der Waals surface area contributed by atoms with E-state index in [1.807, 2.05) is 42.5 Å². The highest BCUT2D eigenvalue weighted by Gasteiger charge is 2.35. The van der Waals surface area contributed by atoms with Gasteiger partial charge in [0.05, 0.1) is 5.57 Å². The van der Waals surface area contributed by atoms with E-state index in [1.165, 1.54) is 22.8 Å². The minimum atomic E-state index is -0.486. The molecule has 2 aromatic carbocycles. The van der Waals surface area contributed by atoms with Gasteiger partial charge in [0.25, 0.3) is 5.91 Å². The van der Waals surface area contributed by atoms with Crippen molar-refractivity contribution in [3.8, 4) is 11.3 Å². The number of furan rings is 1. The highest BCUT2D eigenvalue weighted by atomic mass is 35.5. The van der Waals surface area contributed by atoms with Gasteiger partial charge in [-0.05, 0) is 47.7 Å². The lowest BCUT2D eigenvalue weighted by Crippen LogP contribution is -2.35. The fourth-order valence-corrected chi connectivity index (χ4v) is 4.35. The van der Waals surface area contributed by atoms with Crippen LogP contribution in [0.5, 0.6) is 0 Å². The molecule has 0 aliphatic carbocycles. The Bertz CT molecular complexity index is 1290. The number of nitrogens with one attached hydrogen (secondary N) is 1. The third-order valence-electron chi connectivity index (χ3n) is 4.72. The van der Waals surface area contributed by atoms with Crippen molar-refractivity contribution < 1.29 is 9.21 Å². The summed E-state index contributed by atoms with van der Waals surface area (Å²) < 4.78 is 5.84. The van der Waals surface area contributed by atoms with Crippen molar-refractivity contribution in [2.75, 3.05) is 0 Å². The first-order valence-electron chi connectivity index (χ1n) is 9.45. The lowest BCUT2D eigenvalue weighted by molar-refractivity contribution is -0.114. The topological polar surface area (TPSA) is 82.0 Å². The zero-order chi connectivity index (χ0) is 21.4. The number of hydrogen-bond acceptors (Lipinski definition) is 5. The number of carbonyl (C=O) groups is 1. The van der Waals surface area contributed by atoms with Crippen LogP contribution in [0.3, 0.4) is 0 Å². The van der Waals surface area contributed by atoms with E-state index in [-0.39, 0.29) is 11.4 Å². The monoisotopic (exact) mass is 446 g/mol. The number of hydrazone groups is 1. The maximum atomic E-state index is 12.6. The molecule has 0 bridgehead atoms. The summed E-state index contributed by atoms with van der Waals surface area (Å²) in [6.07, 6.45) is 2.14. The predicted molar refractivity (Wildman–Crippen MR) is 124 cm³/mol. The summed E-state index contributed by atoms with van der Waals surface area (Å²) in [6.45, 7) is 0. The maximum absolute atomic E-state index is 12.6. The fourth-order valence-electron chi connectivity index (χ4n) is 3.24. The number of amides is 1. The van der Waals surface area contributed by atoms with Crippen molar-refractivity contribution in [1.82, 2.24) is 5.01 Å². The fraction of sp³-hybridized carbons (Fsp3) is 0.0435. The van der Waals surface area contributed by atoms with Crippen LogP contribution in [0, 0.1) is 5.41 Å². The summed E-state index contributed by atoms with van der Waals surface area (Å²) in [5.41, 5.74) is 2.06. The van der Waals surface area contributed by atoms with E-state index in [4.69, 9.17) is 21.4 Å². The molecule has 31 heavy (non-hydrogen) atoms. The van der Waals surface area contributed by atoms with Gasteiger partial charge in [-0.3, -0.25) is 10.2 Å². The molecule has 0 saturated carbocycles. The van der Waals surface area contributed by atoms with Crippen LogP contribution >= 0.6 is 23.4 Å². The zero-order valence-corrected chi connectivity index (χ0v) is 17.7. The molecule has 6 nitrogen and oxygen atoms in total. The van der Waals surface area contributed by atoms with Gasteiger partial charge >= 0.3 is 0 Å². The highest BCUT2D eigenvalue weighted by molar-refractivity contribution is 8.26. The Morgan fingerprint density at radius 2 is 1.94 bits per heavy atom. The van der Waals surface area contributed by atoms with E-state index in [0.717, 1.165) is 16.2 Å². The van der Waals surface area contributed by atoms with Crippen LogP contribution in [0.1, 0.15) is 11.3 Å². The van der Waals surface area contributed by atoms with Crippen molar-refractivity contribution >= 4 is 51.4 Å². The molecule has 0 spiro atoms. The first-order valence-corrected chi connectivity index (χ1v) is 10.6. The Labute approximate surface area is 187 Å². The van der Waals surface area contributed by atoms with Gasteiger partial charge in [-0.25, -0.2) is 0 Å². The molecular formula is C23H15ClN4O2S. The Balaban J connectivity index is 1.40. The number of thioether (sulfide) groups is 1. The number of halogens is 1. The first-order chi connectivity index (χ1) is 15.1. The highest BCUT2D eigenvalue weighted by Crippen LogP contribution is 2.31. The summed E-state index contributed by atoms with van der Waals surface area (Å²) in [5, 5.41) is 16.2. The van der Waals surface area contributed by atoms with E-state index >= 15 is 0 Å². The van der Waals surface area contributed by atoms with Gasteiger partial charge < -0.3 is 4.42 Å². The van der Waals surface area contributed by atoms with Gasteiger partial charge in [-0.15, -0.1) is 0 Å². The van der Waals surface area contributed by atoms with Crippen LogP contribution in [-0.4, -0.2) is 27.0 Å². The molecule has 3 heterocycles. The lowest BCUT2D eigenvalue weighted by atomic mass is 10.1. The number of hydrogen-bond donors (Lipinski definition) is 1. The molecule has 1 aromatic heterocycles. The molecule has 0 saturated heterocycles. The van der Waals surface area contributed by atoms with E-state index in [1.54, 1.807) is 24.3 Å². The molecule has 8 heteroatoms. The van der Waals surface area contributed by atoms with E-state index in [0.29, 0.717) is 28.1 Å². The zero-order valence-electron chi connectivity index (χ0n) is 16.1. The first kappa shape index (κ1) is 19.5. The largest absolute Gasteiger partial charge is 0.457 e. The number of benzene rings is 2. The van der Waals surface area contributed by atoms with Crippen molar-refractivity contribution in [2.45, 2.75) is 6.42 Å². The minimum absolute atomic E-state index is 0.0220. The molecule has 2 aliphatic rings. The third-order valence-corrected chi connectivity index (χ3v) is 5.86. The maximum Gasteiger partial charge on any atom is 0.283 e. The average molecular weight is 447 g/mol. The summed E-state index contributed by atoms with van der Waals surface area (Å²) in [6, 6.07) is 20.8. The Hall–Kier alpha value is -3.42. The summed E-state index contributed by atoms with van der Waals surface area (Å²) in [7, 11) is 0. The van der Waals surface area contributed by atoms with Crippen molar-refractivity contribution in [1.29, 1.82) is 5.41 Å². The van der Waals surface area contributed by atoms with Gasteiger partial charge in [0, 0.05) is 17.0 Å². The number of rotatable bonds is 4. The van der Waals surface area contributed by atoms with Crippen LogP contribution in [0.2, 0.25) is 5.02 Å². The molecule has 1 amide bonds. The molecule has 152 valence electrons. The number of amidine groups is 2. The third kappa shape index (κ3) is 3.97. The van der Waals surface area contributed by atoms with E-state index in [2.05, 4.69) is 10.1 Å². The standard InChI is InChI=1S/C23H15ClN4O2S/c24-16-8-4-7-15(12-16)19-10-9-17(30-19)13-18-21(25)28-23(26-22(18)29)31-20(27-28)11-14-5-2-1-3-6-14/h1-10,12-13,25H,11H2. The van der Waals surface area contributed by atoms with E-state index in [9.17, 15) is 4.79 Å². The lowest BCUT2D eigenvalue weighted by Gasteiger charge is -2.19. The molecule has 0 fully saturated rings. The quantitative estimate of drug-likeness (QED) is 0.539. The molecule has 3 aromatic rings. The number of carbonyl (C=O) groups excluding carboxylic acids is 1. The Kier molecular flexibility index (Phi) is 5.05. The SMILES string of the molecule is N=C1C(=Cc2ccc(-c3cccc(Cl)c3)o2)C(=O)N=C2SC(Cc3ccccc3)=NN12. The van der Waals surface area contributed by atoms with Crippen LogP contribution in [0.4, 0.5) is 0 Å². The smallest absolute Gasteiger partial charge is 0.283 e. The molecule has 0 atom stereocenters. The number of nitrogens with zero attached hydrogens (tertiary/aromatic N) is 3. The van der Waals surface area contributed by atoms with Crippen molar-refractivity contribution in [3.63, 3.8) is 0 Å². The van der Waals surface area contributed by atoms with Crippen LogP contribution in [-0.2, 0) is 11.2 Å². The number of aliphatic imine (C=N–C) groups is 1. The van der Waals surface area contributed by atoms with Gasteiger partial charge in [0.1, 0.15) is 16.6 Å². The molecular weight excluding hydrogens is 432 g/mol. The summed E-state index contributed by atoms with van der Waals surface area (Å²) in [5.74, 6) is 0.558. The van der Waals surface area contributed by atoms with Gasteiger partial charge in [0.2, 0.25) is 5.17 Å². The van der Waals surface area contributed by atoms with Gasteiger partial charge in [0.15, 0.2) is 5.84 Å². The molecule has 5 rings (SSSR count). The van der Waals surface area contributed by atoms with Gasteiger partial charge in [-0.2, -0.15) is 15.1 Å². The Morgan fingerprint density at radius 1 is 1.10 bits per heavy atom. The molecule has 1 N–H and O–H groups in total. The van der Waals surface area contributed by atoms with E-state index < -0.39 is 5.91 Å². The van der Waals surface area contributed by atoms with Gasteiger partial charge in [-0.1, -0.05) is 54.1 Å². The second kappa shape index (κ2) is 8.02. The van der Waals surface area contributed by atoms with Crippen molar-refractivity contribution in [3.05, 3.63) is 88.6 Å². The predicted octanol–water partition coefficient (Wildman–Crippen LogP) is 5.46. The molecule has 2 aliphatic heterocycles. The minimum Gasteiger partial charge on any atom is -0.457 e. The summed E-state index contributed by atoms with van der Waals surface area (Å²) in [4.78, 5) is 16.7. The van der Waals surface area contributed by atoms with Crippen LogP contribution in [0.25, 0.3) is 17.4 Å². The van der Waals surface area contributed by atoms with Crippen LogP contribution < -0.4 is 0 Å². The number of fused-ring (bicyclic) bond motifs is 1. The Morgan fingerprint density at radius 3 is 2.74 bits per heavy atom.